The molecule has 1 aliphatic rings. The van der Waals surface area contributed by atoms with Crippen molar-refractivity contribution < 1.29 is 9.50 Å². The van der Waals surface area contributed by atoms with E-state index in [0.29, 0.717) is 30.4 Å². The van der Waals surface area contributed by atoms with Crippen LogP contribution in [0.5, 0.6) is 0 Å². The first kappa shape index (κ1) is 29.7. The largest absolute Gasteiger partial charge is 0.384 e. The van der Waals surface area contributed by atoms with Gasteiger partial charge in [0, 0.05) is 19.3 Å². The summed E-state index contributed by atoms with van der Waals surface area (Å²) in [6.45, 7) is 16.2. The number of nitrogens with two attached hydrogens (primary N) is 1. The molecule has 0 aromatic heterocycles. The van der Waals surface area contributed by atoms with Gasteiger partial charge < -0.3 is 26.4 Å². The minimum Gasteiger partial charge on any atom is -0.384 e. The number of nitrogens with one attached hydrogen (secondary N) is 2. The number of alkyl halides is 1. The molecule has 2 unspecified atom stereocenters. The van der Waals surface area contributed by atoms with Crippen molar-refractivity contribution in [1.82, 2.24) is 15.5 Å². The molecule has 192 valence electrons. The van der Waals surface area contributed by atoms with Crippen LogP contribution in [0.15, 0.2) is 64.1 Å². The topological polar surface area (TPSA) is 85.9 Å². The lowest BCUT2D eigenvalue weighted by Crippen LogP contribution is -2.45. The molecule has 5 N–H and O–H groups in total. The van der Waals surface area contributed by atoms with Crippen LogP contribution in [-0.2, 0) is 0 Å². The molecule has 1 saturated heterocycles. The highest BCUT2D eigenvalue weighted by atomic mass is 19.1. The third-order valence-electron chi connectivity index (χ3n) is 6.26. The third kappa shape index (κ3) is 9.85. The number of aliphatic hydroxyl groups excluding tert-OH is 1. The van der Waals surface area contributed by atoms with E-state index in [-0.39, 0.29) is 6.04 Å². The molecule has 0 aromatic carbocycles. The Balaban J connectivity index is 2.86. The van der Waals surface area contributed by atoms with Crippen molar-refractivity contribution in [1.29, 1.82) is 0 Å². The Morgan fingerprint density at radius 2 is 2.00 bits per heavy atom. The summed E-state index contributed by atoms with van der Waals surface area (Å²) in [5.41, 5.74) is 10.1. The molecule has 34 heavy (non-hydrogen) atoms. The number of hydrogen-bond donors (Lipinski definition) is 4. The van der Waals surface area contributed by atoms with Gasteiger partial charge in [0.2, 0.25) is 0 Å². The summed E-state index contributed by atoms with van der Waals surface area (Å²) in [5.74, 6) is 0.498. The highest BCUT2D eigenvalue weighted by Crippen LogP contribution is 2.22. The smallest absolute Gasteiger partial charge is 0.144 e. The zero-order valence-corrected chi connectivity index (χ0v) is 21.8. The van der Waals surface area contributed by atoms with Crippen LogP contribution < -0.4 is 16.4 Å². The normalized spacial score (nSPS) is 18.9. The van der Waals surface area contributed by atoms with Gasteiger partial charge in [-0.3, -0.25) is 4.99 Å². The number of hydrogen-bond acceptors (Lipinski definition) is 6. The summed E-state index contributed by atoms with van der Waals surface area (Å²) in [7, 11) is 0. The number of likely N-dealkylation sites (tertiary alicyclic amines) is 1. The van der Waals surface area contributed by atoms with E-state index in [1.165, 1.54) is 5.57 Å². The number of aliphatic imine (C=N–C) groups is 1. The average molecular weight is 476 g/mol. The quantitative estimate of drug-likeness (QED) is 0.172. The molecule has 0 radical (unpaired) electrons. The fourth-order valence-corrected chi connectivity index (χ4v) is 3.71. The lowest BCUT2D eigenvalue weighted by molar-refractivity contribution is 0.115. The summed E-state index contributed by atoms with van der Waals surface area (Å²) in [6.07, 6.45) is 11.3. The van der Waals surface area contributed by atoms with E-state index in [0.717, 1.165) is 43.5 Å². The minimum atomic E-state index is -0.910. The Bertz CT molecular complexity index is 776. The fourth-order valence-electron chi connectivity index (χ4n) is 3.71. The summed E-state index contributed by atoms with van der Waals surface area (Å²) in [4.78, 5) is 6.36. The van der Waals surface area contributed by atoms with Crippen LogP contribution in [0.3, 0.4) is 0 Å². The molecule has 6 nitrogen and oxygen atoms in total. The monoisotopic (exact) mass is 475 g/mol. The van der Waals surface area contributed by atoms with Crippen LogP contribution in [0.25, 0.3) is 0 Å². The summed E-state index contributed by atoms with van der Waals surface area (Å²) in [6, 6.07) is -0.314. The minimum absolute atomic E-state index is 0.314. The average Bonchev–Trinajstić information content (AvgIpc) is 2.85. The predicted octanol–water partition coefficient (Wildman–Crippen LogP) is 4.19. The van der Waals surface area contributed by atoms with Crippen LogP contribution in [0.1, 0.15) is 53.9 Å². The lowest BCUT2D eigenvalue weighted by Gasteiger charge is -2.35. The number of nitrogens with zero attached hydrogens (tertiary/aromatic N) is 2. The molecule has 1 fully saturated rings. The zero-order chi connectivity index (χ0) is 25.5. The molecule has 1 rings (SSSR count). The summed E-state index contributed by atoms with van der Waals surface area (Å²) < 4.78 is 14.1. The van der Waals surface area contributed by atoms with E-state index in [2.05, 4.69) is 40.1 Å². The molecule has 2 atom stereocenters. The van der Waals surface area contributed by atoms with E-state index in [1.807, 2.05) is 46.0 Å². The van der Waals surface area contributed by atoms with Crippen LogP contribution in [0.2, 0.25) is 0 Å². The lowest BCUT2D eigenvalue weighted by atomic mass is 9.96. The summed E-state index contributed by atoms with van der Waals surface area (Å²) in [5, 5.41) is 17.1. The SMILES string of the molecule is C=C(/C=C(/CC)CN=CC)/C(C)=C/NC(C)C(O)NC(/C=C\C)=C(/CF)N1CCC(CN)CC1. The van der Waals surface area contributed by atoms with Crippen LogP contribution in [0, 0.1) is 5.92 Å². The summed E-state index contributed by atoms with van der Waals surface area (Å²) >= 11 is 0. The molecule has 0 aliphatic carbocycles. The van der Waals surface area contributed by atoms with Crippen LogP contribution in [0.4, 0.5) is 4.39 Å². The second kappa shape index (κ2) is 16.3. The number of allylic oxidation sites excluding steroid dienone is 6. The molecular weight excluding hydrogens is 429 g/mol. The molecule has 0 aromatic rings. The fraction of sp³-hybridized carbons (Fsp3) is 0.593. The van der Waals surface area contributed by atoms with Crippen molar-refractivity contribution in [2.45, 2.75) is 66.2 Å². The number of halogens is 1. The Labute approximate surface area is 206 Å². The van der Waals surface area contributed by atoms with Crippen molar-refractivity contribution in [3.63, 3.8) is 0 Å². The predicted molar refractivity (Wildman–Crippen MR) is 143 cm³/mol. The standard InChI is InChI=1S/C27H46FN5O/c1-7-10-25(26(16-28)33-13-11-24(17-29)12-14-33)32-27(34)22(6)31-18-21(5)20(4)15-23(8-2)19-30-9-3/h7,9-10,15,18,22,24,27,31-32,34H,4,8,11-14,16-17,19,29H2,1-3,5-6H3/b10-7-,21-18+,23-15-,26-25-,30-9?. The van der Waals surface area contributed by atoms with Crippen molar-refractivity contribution >= 4 is 6.21 Å². The van der Waals surface area contributed by atoms with E-state index < -0.39 is 12.9 Å². The van der Waals surface area contributed by atoms with Gasteiger partial charge in [-0.25, -0.2) is 4.39 Å². The van der Waals surface area contributed by atoms with Gasteiger partial charge in [-0.1, -0.05) is 25.7 Å². The van der Waals surface area contributed by atoms with E-state index >= 15 is 0 Å². The highest BCUT2D eigenvalue weighted by Gasteiger charge is 2.23. The van der Waals surface area contributed by atoms with Crippen molar-refractivity contribution in [2.24, 2.45) is 16.6 Å². The second-order valence-corrected chi connectivity index (χ2v) is 8.81. The molecule has 0 saturated carbocycles. The number of piperidine rings is 1. The second-order valence-electron chi connectivity index (χ2n) is 8.81. The first-order valence-electron chi connectivity index (χ1n) is 12.4. The maximum Gasteiger partial charge on any atom is 0.144 e. The van der Waals surface area contributed by atoms with E-state index in [4.69, 9.17) is 5.73 Å². The Kier molecular flexibility index (Phi) is 14.2. The molecule has 1 heterocycles. The molecule has 0 spiro atoms. The molecule has 7 heteroatoms. The van der Waals surface area contributed by atoms with Gasteiger partial charge in [0.15, 0.2) is 0 Å². The van der Waals surface area contributed by atoms with Gasteiger partial charge in [-0.2, -0.15) is 0 Å². The zero-order valence-electron chi connectivity index (χ0n) is 21.8. The third-order valence-corrected chi connectivity index (χ3v) is 6.26. The number of rotatable bonds is 14. The van der Waals surface area contributed by atoms with Crippen LogP contribution >= 0.6 is 0 Å². The van der Waals surface area contributed by atoms with E-state index in [1.54, 1.807) is 6.21 Å². The number of aliphatic hydroxyl groups is 1. The first-order valence-corrected chi connectivity index (χ1v) is 12.4. The first-order chi connectivity index (χ1) is 16.3. The van der Waals surface area contributed by atoms with Gasteiger partial charge in [-0.15, -0.1) is 0 Å². The Hall–Kier alpha value is -2.38. The molecular formula is C27H46FN5O. The molecule has 0 bridgehead atoms. The van der Waals surface area contributed by atoms with Gasteiger partial charge in [0.1, 0.15) is 12.9 Å². The van der Waals surface area contributed by atoms with Crippen LogP contribution in [-0.4, -0.2) is 61.3 Å². The molecule has 1 aliphatic heterocycles. The Morgan fingerprint density at radius 1 is 1.32 bits per heavy atom. The van der Waals surface area contributed by atoms with E-state index in [9.17, 15) is 9.50 Å². The van der Waals surface area contributed by atoms with Gasteiger partial charge >= 0.3 is 0 Å². The van der Waals surface area contributed by atoms with Gasteiger partial charge in [0.05, 0.1) is 24.0 Å². The van der Waals surface area contributed by atoms with Crippen molar-refractivity contribution in [2.75, 3.05) is 32.9 Å². The van der Waals surface area contributed by atoms with Gasteiger partial charge in [0.25, 0.3) is 0 Å². The molecule has 0 amide bonds. The van der Waals surface area contributed by atoms with Gasteiger partial charge in [-0.05, 0) is 88.4 Å². The van der Waals surface area contributed by atoms with Crippen molar-refractivity contribution in [3.8, 4) is 0 Å². The highest BCUT2D eigenvalue weighted by molar-refractivity contribution is 5.53. The Morgan fingerprint density at radius 3 is 2.53 bits per heavy atom. The maximum absolute atomic E-state index is 14.1. The maximum atomic E-state index is 14.1. The van der Waals surface area contributed by atoms with Crippen molar-refractivity contribution in [3.05, 3.63) is 59.1 Å².